The summed E-state index contributed by atoms with van der Waals surface area (Å²) in [5.74, 6) is 0.000959. The quantitative estimate of drug-likeness (QED) is 0.635. The van der Waals surface area contributed by atoms with E-state index in [1.54, 1.807) is 17.0 Å². The Morgan fingerprint density at radius 2 is 1.97 bits per heavy atom. The van der Waals surface area contributed by atoms with Gasteiger partial charge in [-0.1, -0.05) is 23.2 Å². The van der Waals surface area contributed by atoms with Crippen LogP contribution in [0.2, 0.25) is 10.0 Å². The first-order chi connectivity index (χ1) is 14.1. The maximum absolute atomic E-state index is 12.8. The smallest absolute Gasteiger partial charge is 0.264 e. The van der Waals surface area contributed by atoms with Crippen LogP contribution < -0.4 is 14.8 Å². The zero-order valence-corrected chi connectivity index (χ0v) is 18.2. The number of hydrogen-bond donors (Lipinski definition) is 1. The van der Waals surface area contributed by atoms with Gasteiger partial charge in [0.05, 0.1) is 14.9 Å². The second kappa shape index (κ2) is 7.70. The molecule has 0 spiro atoms. The Kier molecular flexibility index (Phi) is 5.36. The average molecular weight is 466 g/mol. The number of carbonyl (C=O) groups is 1. The van der Waals surface area contributed by atoms with E-state index in [9.17, 15) is 13.2 Å². The molecule has 10 heteroatoms. The van der Waals surface area contributed by atoms with Gasteiger partial charge >= 0.3 is 0 Å². The number of amides is 1. The molecule has 7 nitrogen and oxygen atoms in total. The van der Waals surface area contributed by atoms with Gasteiger partial charge in [0.25, 0.3) is 5.91 Å². The fourth-order valence-electron chi connectivity index (χ4n) is 3.45. The van der Waals surface area contributed by atoms with E-state index in [2.05, 4.69) is 4.98 Å². The number of fused-ring (bicyclic) bond motifs is 2. The number of pyridine rings is 1. The lowest BCUT2D eigenvalue weighted by Gasteiger charge is -2.19. The Bertz CT molecular complexity index is 1290. The summed E-state index contributed by atoms with van der Waals surface area (Å²) in [6.45, 7) is 1.99. The highest BCUT2D eigenvalue weighted by atomic mass is 35.5. The normalized spacial score (nSPS) is 13.5. The molecule has 0 fully saturated rings. The van der Waals surface area contributed by atoms with Gasteiger partial charge in [-0.05, 0) is 55.3 Å². The molecule has 3 aromatic rings. The summed E-state index contributed by atoms with van der Waals surface area (Å²) in [5.41, 5.74) is 2.62. The second-order valence-corrected chi connectivity index (χ2v) is 9.31. The molecule has 1 aliphatic heterocycles. The summed E-state index contributed by atoms with van der Waals surface area (Å²) in [4.78, 5) is 18.8. The fraction of sp³-hybridized carbons (Fsp3) is 0.200. The SMILES string of the molecule is Cc1ccc2c(Cl)cc(Cl)c(OCC(=O)N3CCc4cc(S(N)(=O)=O)ccc43)c2n1. The Morgan fingerprint density at radius 1 is 1.20 bits per heavy atom. The van der Waals surface area contributed by atoms with Gasteiger partial charge in [-0.3, -0.25) is 4.79 Å². The Morgan fingerprint density at radius 3 is 2.70 bits per heavy atom. The molecule has 2 aromatic carbocycles. The molecule has 0 saturated carbocycles. The number of nitrogens with zero attached hydrogens (tertiary/aromatic N) is 2. The highest BCUT2D eigenvalue weighted by Crippen LogP contribution is 2.37. The highest BCUT2D eigenvalue weighted by Gasteiger charge is 2.27. The van der Waals surface area contributed by atoms with Gasteiger partial charge in [0.1, 0.15) is 5.52 Å². The van der Waals surface area contributed by atoms with Crippen LogP contribution in [0.15, 0.2) is 41.3 Å². The van der Waals surface area contributed by atoms with Gasteiger partial charge in [-0.25, -0.2) is 18.5 Å². The minimum Gasteiger partial charge on any atom is -0.480 e. The third kappa shape index (κ3) is 3.83. The lowest BCUT2D eigenvalue weighted by Crippen LogP contribution is -2.33. The van der Waals surface area contributed by atoms with Crippen LogP contribution in [0, 0.1) is 6.92 Å². The van der Waals surface area contributed by atoms with Crippen LogP contribution in [0.3, 0.4) is 0 Å². The van der Waals surface area contributed by atoms with Crippen molar-refractivity contribution >= 4 is 55.7 Å². The number of aromatic nitrogens is 1. The molecule has 0 unspecified atom stereocenters. The third-order valence-electron chi connectivity index (χ3n) is 4.89. The molecule has 156 valence electrons. The number of ether oxygens (including phenoxy) is 1. The molecule has 0 radical (unpaired) electrons. The van der Waals surface area contributed by atoms with Crippen LogP contribution in [0.1, 0.15) is 11.3 Å². The fourth-order valence-corrected chi connectivity index (χ4v) is 4.59. The van der Waals surface area contributed by atoms with E-state index in [1.165, 1.54) is 12.1 Å². The number of primary sulfonamides is 1. The third-order valence-corrected chi connectivity index (χ3v) is 6.40. The van der Waals surface area contributed by atoms with Gasteiger partial charge in [-0.15, -0.1) is 0 Å². The Balaban J connectivity index is 1.58. The molecular weight excluding hydrogens is 449 g/mol. The number of sulfonamides is 1. The number of hydrogen-bond acceptors (Lipinski definition) is 5. The summed E-state index contributed by atoms with van der Waals surface area (Å²) in [5, 5.41) is 6.57. The van der Waals surface area contributed by atoms with E-state index >= 15 is 0 Å². The lowest BCUT2D eigenvalue weighted by atomic mass is 10.2. The summed E-state index contributed by atoms with van der Waals surface area (Å²) in [6, 6.07) is 9.67. The zero-order valence-electron chi connectivity index (χ0n) is 15.9. The van der Waals surface area contributed by atoms with E-state index in [0.717, 1.165) is 11.3 Å². The highest BCUT2D eigenvalue weighted by molar-refractivity contribution is 7.89. The van der Waals surface area contributed by atoms with E-state index in [-0.39, 0.29) is 28.2 Å². The molecular formula is C20H17Cl2N3O4S. The summed E-state index contributed by atoms with van der Waals surface area (Å²) >= 11 is 12.5. The maximum atomic E-state index is 12.8. The molecule has 2 heterocycles. The minimum absolute atomic E-state index is 0.0210. The molecule has 0 aliphatic carbocycles. The molecule has 4 rings (SSSR count). The van der Waals surface area contributed by atoms with Crippen molar-refractivity contribution in [3.05, 3.63) is 57.7 Å². The van der Waals surface area contributed by atoms with E-state index < -0.39 is 10.0 Å². The molecule has 0 atom stereocenters. The van der Waals surface area contributed by atoms with Crippen LogP contribution in [0.4, 0.5) is 5.69 Å². The summed E-state index contributed by atoms with van der Waals surface area (Å²) in [7, 11) is -3.80. The van der Waals surface area contributed by atoms with Crippen molar-refractivity contribution in [3.63, 3.8) is 0 Å². The predicted molar refractivity (Wildman–Crippen MR) is 116 cm³/mol. The number of halogens is 2. The minimum atomic E-state index is -3.80. The number of benzene rings is 2. The van der Waals surface area contributed by atoms with Crippen LogP contribution in [-0.2, 0) is 21.2 Å². The average Bonchev–Trinajstić information content (AvgIpc) is 3.10. The Labute approximate surface area is 183 Å². The molecule has 0 saturated heterocycles. The van der Waals surface area contributed by atoms with Gasteiger partial charge in [0.2, 0.25) is 10.0 Å². The van der Waals surface area contributed by atoms with Crippen molar-refractivity contribution in [2.75, 3.05) is 18.1 Å². The number of anilines is 1. The van der Waals surface area contributed by atoms with Gasteiger partial charge in [0, 0.05) is 23.3 Å². The predicted octanol–water partition coefficient (Wildman–Crippen LogP) is 3.47. The molecule has 0 bridgehead atoms. The van der Waals surface area contributed by atoms with Gasteiger partial charge in [0.15, 0.2) is 12.4 Å². The first-order valence-corrected chi connectivity index (χ1v) is 11.3. The summed E-state index contributed by atoms with van der Waals surface area (Å²) < 4.78 is 28.9. The van der Waals surface area contributed by atoms with Crippen molar-refractivity contribution in [1.29, 1.82) is 0 Å². The van der Waals surface area contributed by atoms with E-state index in [4.69, 9.17) is 33.1 Å². The van der Waals surface area contributed by atoms with E-state index in [1.807, 2.05) is 19.1 Å². The van der Waals surface area contributed by atoms with Crippen molar-refractivity contribution in [1.82, 2.24) is 4.98 Å². The molecule has 1 aliphatic rings. The Hall–Kier alpha value is -2.39. The topological polar surface area (TPSA) is 103 Å². The number of carbonyl (C=O) groups excluding carboxylic acids is 1. The van der Waals surface area contributed by atoms with Crippen LogP contribution in [0.5, 0.6) is 5.75 Å². The van der Waals surface area contributed by atoms with Gasteiger partial charge in [-0.2, -0.15) is 0 Å². The molecule has 30 heavy (non-hydrogen) atoms. The standard InChI is InChI=1S/C20H17Cl2N3O4S/c1-11-2-4-14-15(21)9-16(22)20(19(14)24-11)29-10-18(26)25-7-6-12-8-13(30(23,27)28)3-5-17(12)25/h2-5,8-9H,6-7,10H2,1H3,(H2,23,27,28). The van der Waals surface area contributed by atoms with E-state index in [0.29, 0.717) is 34.6 Å². The largest absolute Gasteiger partial charge is 0.480 e. The lowest BCUT2D eigenvalue weighted by molar-refractivity contribution is -0.120. The van der Waals surface area contributed by atoms with Crippen LogP contribution in [-0.4, -0.2) is 32.5 Å². The summed E-state index contributed by atoms with van der Waals surface area (Å²) in [6.07, 6.45) is 0.524. The number of nitrogens with two attached hydrogens (primary N) is 1. The van der Waals surface area contributed by atoms with Crippen molar-refractivity contribution in [2.24, 2.45) is 5.14 Å². The van der Waals surface area contributed by atoms with Crippen LogP contribution >= 0.6 is 23.2 Å². The zero-order chi connectivity index (χ0) is 21.6. The van der Waals surface area contributed by atoms with Crippen molar-refractivity contribution in [3.8, 4) is 5.75 Å². The van der Waals surface area contributed by atoms with Gasteiger partial charge < -0.3 is 9.64 Å². The monoisotopic (exact) mass is 465 g/mol. The van der Waals surface area contributed by atoms with Crippen molar-refractivity contribution < 1.29 is 17.9 Å². The maximum Gasteiger partial charge on any atom is 0.264 e. The molecule has 1 aromatic heterocycles. The second-order valence-electron chi connectivity index (χ2n) is 6.94. The first-order valence-electron chi connectivity index (χ1n) is 8.99. The van der Waals surface area contributed by atoms with Crippen molar-refractivity contribution in [2.45, 2.75) is 18.2 Å². The first kappa shape index (κ1) is 20.9. The molecule has 2 N–H and O–H groups in total. The van der Waals surface area contributed by atoms with Crippen LogP contribution in [0.25, 0.3) is 10.9 Å². The number of aryl methyl sites for hydroxylation is 1. The molecule has 1 amide bonds. The number of rotatable bonds is 4.